The van der Waals surface area contributed by atoms with Crippen molar-refractivity contribution in [2.24, 2.45) is 0 Å². The molecule has 2 aromatic rings. The highest BCUT2D eigenvalue weighted by Crippen LogP contribution is 2.29. The van der Waals surface area contributed by atoms with Crippen LogP contribution in [0.4, 0.5) is 5.69 Å². The van der Waals surface area contributed by atoms with Gasteiger partial charge in [0.2, 0.25) is 0 Å². The fourth-order valence-electron chi connectivity index (χ4n) is 1.87. The standard InChI is InChI=1S/C15H17BrN2O3/c1-20-12-4-5-14(13(16)9-12)21-8-2-7-18-10-11(17)3-6-15(18)19/h3-6,9-10H,2,7-8,17H2,1H3. The Balaban J connectivity index is 1.87. The Bertz CT molecular complexity index is 670. The molecule has 112 valence electrons. The quantitative estimate of drug-likeness (QED) is 0.811. The van der Waals surface area contributed by atoms with Crippen molar-refractivity contribution in [2.45, 2.75) is 13.0 Å². The van der Waals surface area contributed by atoms with E-state index in [9.17, 15) is 4.79 Å². The van der Waals surface area contributed by atoms with Gasteiger partial charge in [0.15, 0.2) is 0 Å². The lowest BCUT2D eigenvalue weighted by Gasteiger charge is -2.10. The molecule has 0 atom stereocenters. The van der Waals surface area contributed by atoms with E-state index >= 15 is 0 Å². The molecule has 5 nitrogen and oxygen atoms in total. The third-order valence-electron chi connectivity index (χ3n) is 2.95. The van der Waals surface area contributed by atoms with Crippen molar-refractivity contribution in [3.05, 3.63) is 51.4 Å². The molecule has 1 aromatic carbocycles. The van der Waals surface area contributed by atoms with Crippen molar-refractivity contribution in [1.82, 2.24) is 4.57 Å². The van der Waals surface area contributed by atoms with Crippen molar-refractivity contribution >= 4 is 21.6 Å². The highest BCUT2D eigenvalue weighted by Gasteiger charge is 2.03. The highest BCUT2D eigenvalue weighted by molar-refractivity contribution is 9.10. The zero-order chi connectivity index (χ0) is 15.2. The molecular weight excluding hydrogens is 336 g/mol. The van der Waals surface area contributed by atoms with Crippen molar-refractivity contribution in [3.8, 4) is 11.5 Å². The van der Waals surface area contributed by atoms with E-state index in [-0.39, 0.29) is 5.56 Å². The van der Waals surface area contributed by atoms with Gasteiger partial charge in [0.1, 0.15) is 11.5 Å². The predicted octanol–water partition coefficient (Wildman–Crippen LogP) is 2.67. The Hall–Kier alpha value is -1.95. The number of rotatable bonds is 6. The van der Waals surface area contributed by atoms with Gasteiger partial charge in [-0.2, -0.15) is 0 Å². The lowest BCUT2D eigenvalue weighted by molar-refractivity contribution is 0.298. The van der Waals surface area contributed by atoms with E-state index in [4.69, 9.17) is 15.2 Å². The molecule has 1 heterocycles. The molecule has 0 spiro atoms. The van der Waals surface area contributed by atoms with Crippen LogP contribution >= 0.6 is 15.9 Å². The number of aromatic nitrogens is 1. The van der Waals surface area contributed by atoms with Gasteiger partial charge < -0.3 is 19.8 Å². The Morgan fingerprint density at radius 3 is 2.81 bits per heavy atom. The van der Waals surface area contributed by atoms with Crippen LogP contribution in [0, 0.1) is 0 Å². The van der Waals surface area contributed by atoms with E-state index in [1.54, 1.807) is 23.9 Å². The van der Waals surface area contributed by atoms with E-state index in [1.165, 1.54) is 6.07 Å². The third-order valence-corrected chi connectivity index (χ3v) is 3.57. The molecule has 0 bridgehead atoms. The van der Waals surface area contributed by atoms with Gasteiger partial charge in [0.05, 0.1) is 18.2 Å². The average molecular weight is 353 g/mol. The van der Waals surface area contributed by atoms with Gasteiger partial charge in [-0.05, 0) is 46.6 Å². The van der Waals surface area contributed by atoms with Crippen LogP contribution in [0.1, 0.15) is 6.42 Å². The van der Waals surface area contributed by atoms with E-state index in [1.807, 2.05) is 18.2 Å². The number of ether oxygens (including phenoxy) is 2. The maximum absolute atomic E-state index is 11.6. The van der Waals surface area contributed by atoms with Gasteiger partial charge in [-0.25, -0.2) is 0 Å². The van der Waals surface area contributed by atoms with Gasteiger partial charge in [-0.1, -0.05) is 0 Å². The molecule has 2 rings (SSSR count). The highest BCUT2D eigenvalue weighted by atomic mass is 79.9. The van der Waals surface area contributed by atoms with Gasteiger partial charge in [-0.3, -0.25) is 4.79 Å². The number of aryl methyl sites for hydroxylation is 1. The summed E-state index contributed by atoms with van der Waals surface area (Å²) in [6, 6.07) is 8.59. The second-order valence-electron chi connectivity index (χ2n) is 4.49. The lowest BCUT2D eigenvalue weighted by Crippen LogP contribution is -2.20. The topological polar surface area (TPSA) is 66.5 Å². The lowest BCUT2D eigenvalue weighted by atomic mass is 10.3. The largest absolute Gasteiger partial charge is 0.497 e. The number of pyridine rings is 1. The summed E-state index contributed by atoms with van der Waals surface area (Å²) in [7, 11) is 1.62. The molecular formula is C15H17BrN2O3. The smallest absolute Gasteiger partial charge is 0.250 e. The maximum atomic E-state index is 11.6. The molecule has 0 aliphatic heterocycles. The van der Waals surface area contributed by atoms with Gasteiger partial charge in [-0.15, -0.1) is 0 Å². The summed E-state index contributed by atoms with van der Waals surface area (Å²) in [4.78, 5) is 11.6. The van der Waals surface area contributed by atoms with Crippen LogP contribution in [-0.4, -0.2) is 18.3 Å². The number of hydrogen-bond donors (Lipinski definition) is 1. The molecule has 0 fully saturated rings. The summed E-state index contributed by atoms with van der Waals surface area (Å²) in [6.45, 7) is 1.07. The molecule has 21 heavy (non-hydrogen) atoms. The van der Waals surface area contributed by atoms with Crippen LogP contribution in [0.25, 0.3) is 0 Å². The average Bonchev–Trinajstić information content (AvgIpc) is 2.48. The zero-order valence-corrected chi connectivity index (χ0v) is 13.3. The number of nitrogens with two attached hydrogens (primary N) is 1. The summed E-state index contributed by atoms with van der Waals surface area (Å²) < 4.78 is 13.2. The molecule has 6 heteroatoms. The zero-order valence-electron chi connectivity index (χ0n) is 11.7. The number of benzene rings is 1. The molecule has 0 amide bonds. The number of halogens is 1. The normalized spacial score (nSPS) is 10.4. The number of nitrogens with zero attached hydrogens (tertiary/aromatic N) is 1. The van der Waals surface area contributed by atoms with Gasteiger partial charge >= 0.3 is 0 Å². The first kappa shape index (κ1) is 15.4. The first-order chi connectivity index (χ1) is 10.1. The number of anilines is 1. The second-order valence-corrected chi connectivity index (χ2v) is 5.35. The van der Waals surface area contributed by atoms with Crippen LogP contribution in [0.3, 0.4) is 0 Å². The van der Waals surface area contributed by atoms with E-state index in [2.05, 4.69) is 15.9 Å². The molecule has 0 radical (unpaired) electrons. The minimum Gasteiger partial charge on any atom is -0.497 e. The minimum atomic E-state index is -0.0603. The molecule has 0 unspecified atom stereocenters. The van der Waals surface area contributed by atoms with Crippen molar-refractivity contribution < 1.29 is 9.47 Å². The molecule has 0 aliphatic carbocycles. The Labute approximate surface area is 131 Å². The molecule has 0 saturated carbocycles. The van der Waals surface area contributed by atoms with E-state index in [0.29, 0.717) is 25.3 Å². The third kappa shape index (κ3) is 4.26. The summed E-state index contributed by atoms with van der Waals surface area (Å²) >= 11 is 3.43. The summed E-state index contributed by atoms with van der Waals surface area (Å²) in [5.41, 5.74) is 6.18. The van der Waals surface area contributed by atoms with E-state index in [0.717, 1.165) is 16.0 Å². The molecule has 2 N–H and O–H groups in total. The summed E-state index contributed by atoms with van der Waals surface area (Å²) in [6.07, 6.45) is 2.35. The van der Waals surface area contributed by atoms with Crippen LogP contribution in [-0.2, 0) is 6.54 Å². The fourth-order valence-corrected chi connectivity index (χ4v) is 2.34. The number of nitrogen functional groups attached to an aromatic ring is 1. The SMILES string of the molecule is COc1ccc(OCCCn2cc(N)ccc2=O)c(Br)c1. The van der Waals surface area contributed by atoms with Crippen molar-refractivity contribution in [1.29, 1.82) is 0 Å². The van der Waals surface area contributed by atoms with Crippen LogP contribution in [0.5, 0.6) is 11.5 Å². The summed E-state index contributed by atoms with van der Waals surface area (Å²) in [5, 5.41) is 0. The number of methoxy groups -OCH3 is 1. The van der Waals surface area contributed by atoms with Crippen LogP contribution in [0.2, 0.25) is 0 Å². The minimum absolute atomic E-state index is 0.0603. The molecule has 0 saturated heterocycles. The summed E-state index contributed by atoms with van der Waals surface area (Å²) in [5.74, 6) is 1.51. The fraction of sp³-hybridized carbons (Fsp3) is 0.267. The van der Waals surface area contributed by atoms with E-state index < -0.39 is 0 Å². The monoisotopic (exact) mass is 352 g/mol. The van der Waals surface area contributed by atoms with Crippen LogP contribution < -0.4 is 20.8 Å². The maximum Gasteiger partial charge on any atom is 0.250 e. The number of hydrogen-bond acceptors (Lipinski definition) is 4. The van der Waals surface area contributed by atoms with Gasteiger partial charge in [0.25, 0.3) is 5.56 Å². The van der Waals surface area contributed by atoms with Crippen molar-refractivity contribution in [3.63, 3.8) is 0 Å². The van der Waals surface area contributed by atoms with Crippen molar-refractivity contribution in [2.75, 3.05) is 19.5 Å². The first-order valence-electron chi connectivity index (χ1n) is 6.52. The first-order valence-corrected chi connectivity index (χ1v) is 7.32. The second kappa shape index (κ2) is 7.17. The van der Waals surface area contributed by atoms with Gasteiger partial charge in [0, 0.05) is 24.5 Å². The Morgan fingerprint density at radius 2 is 2.10 bits per heavy atom. The molecule has 1 aromatic heterocycles. The Morgan fingerprint density at radius 1 is 1.29 bits per heavy atom. The van der Waals surface area contributed by atoms with Crippen LogP contribution in [0.15, 0.2) is 45.8 Å². The molecule has 0 aliphatic rings. The Kier molecular flexibility index (Phi) is 5.27. The predicted molar refractivity (Wildman–Crippen MR) is 85.9 cm³/mol.